The molecule has 0 saturated heterocycles. The number of nitrogens with zero attached hydrogens (tertiary/aromatic N) is 3. The third-order valence-corrected chi connectivity index (χ3v) is 5.70. The van der Waals surface area contributed by atoms with E-state index < -0.39 is 0 Å². The molecular formula is C24H28N4O2S. The Balaban J connectivity index is 1.65. The first-order valence-corrected chi connectivity index (χ1v) is 11.3. The standard InChI is InChI=1S/C24H28N4O2S/c1-5-15-28-23(18(4)30-21-13-9-19(6-2)10-14-21)26-27-24(28)31-16-22(29)25-20-11-7-17(3)8-12-20/h5,7-14,18H,1,6,15-16H2,2-4H3,(H,25,29). The summed E-state index contributed by atoms with van der Waals surface area (Å²) in [5.41, 5.74) is 3.19. The highest BCUT2D eigenvalue weighted by atomic mass is 32.2. The zero-order valence-electron chi connectivity index (χ0n) is 18.2. The number of hydrogen-bond acceptors (Lipinski definition) is 5. The van der Waals surface area contributed by atoms with Crippen molar-refractivity contribution in [1.29, 1.82) is 0 Å². The van der Waals surface area contributed by atoms with Gasteiger partial charge in [0.1, 0.15) is 5.75 Å². The summed E-state index contributed by atoms with van der Waals surface area (Å²) >= 11 is 1.34. The van der Waals surface area contributed by atoms with Gasteiger partial charge >= 0.3 is 0 Å². The molecule has 0 radical (unpaired) electrons. The first-order chi connectivity index (χ1) is 15.0. The molecule has 162 valence electrons. The van der Waals surface area contributed by atoms with E-state index >= 15 is 0 Å². The van der Waals surface area contributed by atoms with Gasteiger partial charge in [0.2, 0.25) is 5.91 Å². The Morgan fingerprint density at radius 3 is 2.55 bits per heavy atom. The average molecular weight is 437 g/mol. The molecule has 0 aliphatic rings. The molecule has 0 aliphatic carbocycles. The van der Waals surface area contributed by atoms with Crippen molar-refractivity contribution in [2.75, 3.05) is 11.1 Å². The highest BCUT2D eigenvalue weighted by Crippen LogP contribution is 2.25. The smallest absolute Gasteiger partial charge is 0.234 e. The van der Waals surface area contributed by atoms with Crippen molar-refractivity contribution in [2.45, 2.75) is 45.0 Å². The molecule has 3 rings (SSSR count). The number of carbonyl (C=O) groups excluding carboxylic acids is 1. The minimum absolute atomic E-state index is 0.0936. The van der Waals surface area contributed by atoms with Crippen molar-refractivity contribution < 1.29 is 9.53 Å². The Bertz CT molecular complexity index is 1010. The number of amides is 1. The molecule has 1 atom stereocenters. The van der Waals surface area contributed by atoms with E-state index in [0.29, 0.717) is 17.5 Å². The zero-order chi connectivity index (χ0) is 22.2. The molecular weight excluding hydrogens is 408 g/mol. The zero-order valence-corrected chi connectivity index (χ0v) is 19.0. The van der Waals surface area contributed by atoms with Gasteiger partial charge in [0.15, 0.2) is 17.1 Å². The second kappa shape index (κ2) is 10.8. The number of aryl methyl sites for hydroxylation is 2. The second-order valence-corrected chi connectivity index (χ2v) is 8.14. The maximum atomic E-state index is 12.3. The Labute approximate surface area is 187 Å². The number of rotatable bonds is 10. The fourth-order valence-electron chi connectivity index (χ4n) is 3.03. The Morgan fingerprint density at radius 2 is 1.90 bits per heavy atom. The number of hydrogen-bond donors (Lipinski definition) is 1. The predicted octanol–water partition coefficient (Wildman–Crippen LogP) is 5.21. The number of allylic oxidation sites excluding steroid dienone is 1. The number of nitrogens with one attached hydrogen (secondary N) is 1. The van der Waals surface area contributed by atoms with Gasteiger partial charge in [-0.25, -0.2) is 0 Å². The van der Waals surface area contributed by atoms with Crippen LogP contribution in [0.3, 0.4) is 0 Å². The summed E-state index contributed by atoms with van der Waals surface area (Å²) in [7, 11) is 0. The fourth-order valence-corrected chi connectivity index (χ4v) is 3.79. The van der Waals surface area contributed by atoms with Crippen LogP contribution in [0.25, 0.3) is 0 Å². The van der Waals surface area contributed by atoms with Crippen LogP contribution in [0.15, 0.2) is 66.3 Å². The molecule has 3 aromatic rings. The molecule has 6 nitrogen and oxygen atoms in total. The molecule has 1 heterocycles. The molecule has 0 spiro atoms. The van der Waals surface area contributed by atoms with Crippen LogP contribution in [0.2, 0.25) is 0 Å². The third-order valence-electron chi connectivity index (χ3n) is 4.73. The van der Waals surface area contributed by atoms with Crippen LogP contribution in [-0.4, -0.2) is 26.4 Å². The number of ether oxygens (including phenoxy) is 1. The van der Waals surface area contributed by atoms with Gasteiger partial charge in [-0.05, 0) is 50.1 Å². The minimum atomic E-state index is -0.296. The van der Waals surface area contributed by atoms with E-state index in [1.165, 1.54) is 17.3 Å². The van der Waals surface area contributed by atoms with Crippen molar-refractivity contribution in [3.8, 4) is 5.75 Å². The van der Waals surface area contributed by atoms with Gasteiger partial charge in [-0.15, -0.1) is 16.8 Å². The number of carbonyl (C=O) groups is 1. The first kappa shape index (κ1) is 22.6. The van der Waals surface area contributed by atoms with Crippen molar-refractivity contribution in [2.24, 2.45) is 0 Å². The quantitative estimate of drug-likeness (QED) is 0.349. The summed E-state index contributed by atoms with van der Waals surface area (Å²) in [5.74, 6) is 1.62. The highest BCUT2D eigenvalue weighted by Gasteiger charge is 2.20. The summed E-state index contributed by atoms with van der Waals surface area (Å²) in [4.78, 5) is 12.3. The normalized spacial score (nSPS) is 11.7. The maximum Gasteiger partial charge on any atom is 0.234 e. The topological polar surface area (TPSA) is 69.0 Å². The molecule has 2 aromatic carbocycles. The molecule has 31 heavy (non-hydrogen) atoms. The molecule has 1 amide bonds. The molecule has 0 aliphatic heterocycles. The third kappa shape index (κ3) is 6.21. The van der Waals surface area contributed by atoms with Crippen LogP contribution in [-0.2, 0) is 17.8 Å². The summed E-state index contributed by atoms with van der Waals surface area (Å²) in [6.45, 7) is 10.4. The summed E-state index contributed by atoms with van der Waals surface area (Å²) in [6, 6.07) is 15.8. The minimum Gasteiger partial charge on any atom is -0.483 e. The van der Waals surface area contributed by atoms with E-state index in [0.717, 1.165) is 23.4 Å². The molecule has 1 unspecified atom stereocenters. The predicted molar refractivity (Wildman–Crippen MR) is 126 cm³/mol. The highest BCUT2D eigenvalue weighted by molar-refractivity contribution is 7.99. The molecule has 1 N–H and O–H groups in total. The Hall–Kier alpha value is -3.06. The van der Waals surface area contributed by atoms with Crippen LogP contribution in [0.4, 0.5) is 5.69 Å². The lowest BCUT2D eigenvalue weighted by Crippen LogP contribution is -2.15. The van der Waals surface area contributed by atoms with E-state index in [-0.39, 0.29) is 17.8 Å². The van der Waals surface area contributed by atoms with Gasteiger partial charge in [0.25, 0.3) is 0 Å². The van der Waals surface area contributed by atoms with E-state index in [1.54, 1.807) is 6.08 Å². The van der Waals surface area contributed by atoms with Crippen molar-refractivity contribution in [3.05, 3.63) is 78.1 Å². The van der Waals surface area contributed by atoms with Gasteiger partial charge in [-0.1, -0.05) is 54.6 Å². The number of anilines is 1. The lowest BCUT2D eigenvalue weighted by atomic mass is 10.2. The van der Waals surface area contributed by atoms with Crippen LogP contribution in [0.1, 0.15) is 36.9 Å². The maximum absolute atomic E-state index is 12.3. The van der Waals surface area contributed by atoms with Gasteiger partial charge < -0.3 is 10.1 Å². The number of benzene rings is 2. The van der Waals surface area contributed by atoms with E-state index in [2.05, 4.69) is 41.1 Å². The summed E-state index contributed by atoms with van der Waals surface area (Å²) in [6.07, 6.45) is 2.48. The monoisotopic (exact) mass is 436 g/mol. The van der Waals surface area contributed by atoms with Gasteiger partial charge in [-0.2, -0.15) is 0 Å². The molecule has 0 fully saturated rings. The lowest BCUT2D eigenvalue weighted by molar-refractivity contribution is -0.113. The van der Waals surface area contributed by atoms with E-state index in [9.17, 15) is 4.79 Å². The SMILES string of the molecule is C=CCn1c(SCC(=O)Nc2ccc(C)cc2)nnc1C(C)Oc1ccc(CC)cc1. The molecule has 0 bridgehead atoms. The summed E-state index contributed by atoms with van der Waals surface area (Å²) < 4.78 is 8.00. The van der Waals surface area contributed by atoms with Crippen molar-refractivity contribution in [3.63, 3.8) is 0 Å². The second-order valence-electron chi connectivity index (χ2n) is 7.20. The largest absolute Gasteiger partial charge is 0.483 e. The molecule has 0 saturated carbocycles. The van der Waals surface area contributed by atoms with Crippen LogP contribution in [0, 0.1) is 6.92 Å². The Kier molecular flexibility index (Phi) is 7.89. The number of aromatic nitrogens is 3. The van der Waals surface area contributed by atoms with Crippen LogP contribution in [0.5, 0.6) is 5.75 Å². The van der Waals surface area contributed by atoms with Crippen molar-refractivity contribution in [1.82, 2.24) is 14.8 Å². The fraction of sp³-hybridized carbons (Fsp3) is 0.292. The van der Waals surface area contributed by atoms with Gasteiger partial charge in [-0.3, -0.25) is 9.36 Å². The number of thioether (sulfide) groups is 1. The Morgan fingerprint density at radius 1 is 1.19 bits per heavy atom. The first-order valence-electron chi connectivity index (χ1n) is 10.3. The van der Waals surface area contributed by atoms with Gasteiger partial charge in [0.05, 0.1) is 5.75 Å². The lowest BCUT2D eigenvalue weighted by Gasteiger charge is -2.16. The van der Waals surface area contributed by atoms with E-state index in [1.807, 2.05) is 54.8 Å². The molecule has 7 heteroatoms. The molecule has 1 aromatic heterocycles. The van der Waals surface area contributed by atoms with Crippen molar-refractivity contribution >= 4 is 23.4 Å². The van der Waals surface area contributed by atoms with E-state index in [4.69, 9.17) is 4.74 Å². The average Bonchev–Trinajstić information content (AvgIpc) is 3.17. The van der Waals surface area contributed by atoms with Crippen LogP contribution < -0.4 is 10.1 Å². The van der Waals surface area contributed by atoms with Crippen LogP contribution >= 0.6 is 11.8 Å². The summed E-state index contributed by atoms with van der Waals surface area (Å²) in [5, 5.41) is 12.2. The van der Waals surface area contributed by atoms with Gasteiger partial charge in [0, 0.05) is 12.2 Å².